The maximum absolute atomic E-state index is 12.4. The van der Waals surface area contributed by atoms with Crippen LogP contribution in [0.1, 0.15) is 79.6 Å². The second-order valence-electron chi connectivity index (χ2n) is 11.1. The Bertz CT molecular complexity index is 1200. The lowest BCUT2D eigenvalue weighted by Crippen LogP contribution is -2.34. The van der Waals surface area contributed by atoms with Crippen molar-refractivity contribution in [3.8, 4) is 16.9 Å². The molecule has 2 heterocycles. The van der Waals surface area contributed by atoms with Crippen LogP contribution in [0.15, 0.2) is 39.5 Å². The minimum absolute atomic E-state index is 0.120. The summed E-state index contributed by atoms with van der Waals surface area (Å²) in [5.41, 5.74) is 1.66. The predicted octanol–water partition coefficient (Wildman–Crippen LogP) is 5.58. The Morgan fingerprint density at radius 1 is 1.05 bits per heavy atom. The summed E-state index contributed by atoms with van der Waals surface area (Å²) in [4.78, 5) is 25.2. The van der Waals surface area contributed by atoms with E-state index in [4.69, 9.17) is 13.9 Å². The van der Waals surface area contributed by atoms with E-state index in [1.807, 2.05) is 64.2 Å². The summed E-state index contributed by atoms with van der Waals surface area (Å²) in [6, 6.07) is 9.59. The largest absolute Gasteiger partial charge is 0.494 e. The molecule has 1 saturated heterocycles. The fraction of sp³-hybridized carbons (Fsp3) is 0.576. The lowest BCUT2D eigenvalue weighted by molar-refractivity contribution is -0.116. The number of benzene rings is 1. The quantitative estimate of drug-likeness (QED) is 0.177. The predicted molar refractivity (Wildman–Crippen MR) is 161 cm³/mol. The molecule has 0 aliphatic carbocycles. The van der Waals surface area contributed by atoms with E-state index in [0.717, 1.165) is 61.8 Å². The standard InChI is InChI=1S/C25H34O4.C8H15NO/c1-4-12-21-19-23(25(26)29-24(21)5-2)20-13-15-22(16-14-20)28-18-11-9-7-6-8-10-17-27-3;1-7(2,6-10)8(3)5-9(8)4/h5,12-16,19H,4,6-11,17-18H2,1-3H3;6H,5H2,1-4H3/b21-12-,24-5+;. The van der Waals surface area contributed by atoms with Crippen LogP contribution in [0.2, 0.25) is 0 Å². The molecule has 0 N–H and O–H groups in total. The van der Waals surface area contributed by atoms with Crippen molar-refractivity contribution < 1.29 is 18.7 Å². The van der Waals surface area contributed by atoms with Crippen LogP contribution in [0.4, 0.5) is 0 Å². The summed E-state index contributed by atoms with van der Waals surface area (Å²) in [7, 11) is 3.80. The van der Waals surface area contributed by atoms with Gasteiger partial charge in [-0.25, -0.2) is 4.79 Å². The zero-order chi connectivity index (χ0) is 28.9. The lowest BCUT2D eigenvalue weighted by Gasteiger charge is -2.25. The van der Waals surface area contributed by atoms with Crippen molar-refractivity contribution in [1.82, 2.24) is 4.90 Å². The van der Waals surface area contributed by atoms with Crippen molar-refractivity contribution >= 4 is 18.4 Å². The topological polar surface area (TPSA) is 68.8 Å². The van der Waals surface area contributed by atoms with E-state index >= 15 is 0 Å². The molecule has 2 aromatic rings. The van der Waals surface area contributed by atoms with E-state index < -0.39 is 0 Å². The van der Waals surface area contributed by atoms with Gasteiger partial charge in [0, 0.05) is 36.4 Å². The molecule has 0 amide bonds. The molecule has 3 rings (SSSR count). The molecular formula is C33H49NO5. The first-order valence-electron chi connectivity index (χ1n) is 14.3. The summed E-state index contributed by atoms with van der Waals surface area (Å²) in [6.07, 6.45) is 12.9. The molecule has 1 aliphatic rings. The second-order valence-corrected chi connectivity index (χ2v) is 11.1. The number of hydrogen-bond donors (Lipinski definition) is 0. The van der Waals surface area contributed by atoms with Gasteiger partial charge in [0.15, 0.2) is 0 Å². The summed E-state index contributed by atoms with van der Waals surface area (Å²) >= 11 is 0. The number of rotatable bonds is 14. The highest BCUT2D eigenvalue weighted by atomic mass is 16.5. The minimum atomic E-state index is -0.314. The Morgan fingerprint density at radius 3 is 2.13 bits per heavy atom. The molecule has 1 aromatic carbocycles. The van der Waals surface area contributed by atoms with Gasteiger partial charge in [0.25, 0.3) is 0 Å². The van der Waals surface area contributed by atoms with Gasteiger partial charge in [0.05, 0.1) is 12.2 Å². The number of unbranched alkanes of at least 4 members (excludes halogenated alkanes) is 5. The third-order valence-electron chi connectivity index (χ3n) is 7.84. The summed E-state index contributed by atoms with van der Waals surface area (Å²) in [6.45, 7) is 12.7. The fourth-order valence-corrected chi connectivity index (χ4v) is 4.53. The SMILES string of the molecule is C/C=c1/oc(=O)c(-c2ccc(OCCCCCCCCOC)cc2)c/c1=C/CC.CN1CC1(C)C(C)(C)C=O. The summed E-state index contributed by atoms with van der Waals surface area (Å²) in [5.74, 6) is 0.831. The molecule has 1 fully saturated rings. The molecule has 0 spiro atoms. The van der Waals surface area contributed by atoms with Gasteiger partial charge in [0.2, 0.25) is 0 Å². The molecule has 216 valence electrons. The van der Waals surface area contributed by atoms with Gasteiger partial charge in [-0.1, -0.05) is 64.7 Å². The summed E-state index contributed by atoms with van der Waals surface area (Å²) in [5, 5.41) is 0.951. The first kappa shape index (κ1) is 32.5. The number of hydrogen-bond acceptors (Lipinski definition) is 6. The van der Waals surface area contributed by atoms with Gasteiger partial charge in [0.1, 0.15) is 17.5 Å². The first-order chi connectivity index (χ1) is 18.6. The van der Waals surface area contributed by atoms with Crippen molar-refractivity contribution in [2.45, 2.75) is 85.1 Å². The van der Waals surface area contributed by atoms with Crippen molar-refractivity contribution in [2.75, 3.05) is 33.9 Å². The van der Waals surface area contributed by atoms with E-state index in [1.54, 1.807) is 7.11 Å². The maximum Gasteiger partial charge on any atom is 0.344 e. The minimum Gasteiger partial charge on any atom is -0.494 e. The number of likely N-dealkylation sites (N-methyl/N-ethyl adjacent to an activating group) is 1. The number of methoxy groups -OCH3 is 1. The number of nitrogens with zero attached hydrogens (tertiary/aromatic N) is 1. The van der Waals surface area contributed by atoms with Crippen LogP contribution in [0, 0.1) is 5.41 Å². The summed E-state index contributed by atoms with van der Waals surface area (Å²) < 4.78 is 16.4. The van der Waals surface area contributed by atoms with E-state index in [9.17, 15) is 9.59 Å². The normalized spacial score (nSPS) is 19.4. The van der Waals surface area contributed by atoms with Gasteiger partial charge < -0.3 is 18.7 Å². The van der Waals surface area contributed by atoms with Crippen LogP contribution in [0.3, 0.4) is 0 Å². The Kier molecular flexibility index (Phi) is 13.2. The number of carbonyl (C=O) groups is 1. The number of aldehydes is 1. The van der Waals surface area contributed by atoms with Crippen LogP contribution < -0.4 is 21.0 Å². The second kappa shape index (κ2) is 15.8. The molecule has 1 aliphatic heterocycles. The molecule has 0 bridgehead atoms. The highest BCUT2D eigenvalue weighted by molar-refractivity contribution is 5.63. The molecular weight excluding hydrogens is 490 g/mol. The highest BCUT2D eigenvalue weighted by Crippen LogP contribution is 2.44. The van der Waals surface area contributed by atoms with Gasteiger partial charge in [-0.2, -0.15) is 0 Å². The van der Waals surface area contributed by atoms with Crippen LogP contribution in [0.5, 0.6) is 5.75 Å². The first-order valence-corrected chi connectivity index (χ1v) is 14.3. The van der Waals surface area contributed by atoms with Crippen molar-refractivity contribution in [3.63, 3.8) is 0 Å². The van der Waals surface area contributed by atoms with E-state index in [2.05, 4.69) is 24.8 Å². The number of ether oxygens (including phenoxy) is 2. The van der Waals surface area contributed by atoms with Crippen molar-refractivity contribution in [2.24, 2.45) is 5.41 Å². The smallest absolute Gasteiger partial charge is 0.344 e. The maximum atomic E-state index is 12.4. The number of carbonyl (C=O) groups excluding carboxylic acids is 1. The van der Waals surface area contributed by atoms with Gasteiger partial charge in [-0.05, 0) is 70.0 Å². The van der Waals surface area contributed by atoms with E-state index in [-0.39, 0.29) is 16.6 Å². The van der Waals surface area contributed by atoms with Crippen LogP contribution >= 0.6 is 0 Å². The van der Waals surface area contributed by atoms with Gasteiger partial charge in [-0.3, -0.25) is 4.90 Å². The Hall–Kier alpha value is -2.70. The third-order valence-corrected chi connectivity index (χ3v) is 7.84. The zero-order valence-electron chi connectivity index (χ0n) is 25.2. The monoisotopic (exact) mass is 539 g/mol. The lowest BCUT2D eigenvalue weighted by atomic mass is 9.81. The van der Waals surface area contributed by atoms with E-state index in [1.165, 1.54) is 25.7 Å². The highest BCUT2D eigenvalue weighted by Gasteiger charge is 2.55. The van der Waals surface area contributed by atoms with Crippen molar-refractivity contribution in [3.05, 3.63) is 51.4 Å². The average molecular weight is 540 g/mol. The zero-order valence-corrected chi connectivity index (χ0v) is 25.2. The molecule has 6 nitrogen and oxygen atoms in total. The molecule has 0 saturated carbocycles. The Morgan fingerprint density at radius 2 is 1.64 bits per heavy atom. The van der Waals surface area contributed by atoms with Crippen LogP contribution in [0.25, 0.3) is 23.3 Å². The molecule has 1 aromatic heterocycles. The van der Waals surface area contributed by atoms with Gasteiger partial charge >= 0.3 is 5.63 Å². The Labute approximate surface area is 234 Å². The van der Waals surface area contributed by atoms with Crippen molar-refractivity contribution in [1.29, 1.82) is 0 Å². The van der Waals surface area contributed by atoms with E-state index in [0.29, 0.717) is 11.0 Å². The third kappa shape index (κ3) is 9.47. The fourth-order valence-electron chi connectivity index (χ4n) is 4.53. The molecule has 2 atom stereocenters. The molecule has 2 unspecified atom stereocenters. The van der Waals surface area contributed by atoms with Gasteiger partial charge in [-0.15, -0.1) is 0 Å². The average Bonchev–Trinajstić information content (AvgIpc) is 3.57. The molecule has 6 heteroatoms. The van der Waals surface area contributed by atoms with Crippen LogP contribution in [-0.2, 0) is 9.53 Å². The molecule has 0 radical (unpaired) electrons. The van der Waals surface area contributed by atoms with Crippen LogP contribution in [-0.4, -0.2) is 50.6 Å². The Balaban J connectivity index is 0.000000446. The molecule has 39 heavy (non-hydrogen) atoms.